The van der Waals surface area contributed by atoms with Crippen molar-refractivity contribution in [3.05, 3.63) is 82.1 Å². The molecule has 0 saturated carbocycles. The number of amides is 7. The summed E-state index contributed by atoms with van der Waals surface area (Å²) in [5.41, 5.74) is 3.13. The van der Waals surface area contributed by atoms with E-state index < -0.39 is 35.7 Å². The average Bonchev–Trinajstić information content (AvgIpc) is 3.61. The Morgan fingerprint density at radius 3 is 2.12 bits per heavy atom. The Balaban J connectivity index is 0.740. The zero-order valence-corrected chi connectivity index (χ0v) is 40.6. The number of benzene rings is 3. The van der Waals surface area contributed by atoms with Crippen LogP contribution in [0.4, 0.5) is 39.2 Å². The molecule has 1 unspecified atom stereocenters. The maximum Gasteiger partial charge on any atom is 0.327 e. The minimum absolute atomic E-state index is 0.0821. The zero-order chi connectivity index (χ0) is 49.0. The molecule has 3 aliphatic heterocycles. The molecule has 2 saturated heterocycles. The Morgan fingerprint density at radius 2 is 1.46 bits per heavy atom. The molecule has 366 valence electrons. The van der Waals surface area contributed by atoms with Crippen LogP contribution in [0.5, 0.6) is 11.5 Å². The maximum absolute atomic E-state index is 13.3. The Morgan fingerprint density at radius 1 is 0.812 bits per heavy atom. The molecule has 0 radical (unpaired) electrons. The van der Waals surface area contributed by atoms with Crippen molar-refractivity contribution in [1.82, 2.24) is 25.1 Å². The van der Waals surface area contributed by atoms with E-state index >= 15 is 0 Å². The average molecular weight is 986 g/mol. The number of unbranched alkanes of at least 4 members (excludes halogenated alkanes) is 8. The summed E-state index contributed by atoms with van der Waals surface area (Å²) in [4.78, 5) is 91.8. The standard InChI is InChI=1S/C49H58Cl2N10O8/c1-58(49(67)57-45-43(50)36(68-2)28-37(69-3)44(45)51)39-29-38(53-30-54-39)55-31-17-19-32(20-18-31)59-24-26-60(27-25-59)41(63)16-11-9-7-5-4-6-8-10-12-23-52-34-15-13-14-33-42(34)48(66)61(47(33)65)35-21-22-40(62)56-46(35)64/h13-15,17-20,28-30,35,52H,4-12,16,21-27H2,1-3H3,(H,57,67)(H,53,54,55)(H,56,62,64). The number of ether oxygens (including phenoxy) is 2. The van der Waals surface area contributed by atoms with Crippen LogP contribution in [0.25, 0.3) is 0 Å². The van der Waals surface area contributed by atoms with Gasteiger partial charge in [0.15, 0.2) is 0 Å². The van der Waals surface area contributed by atoms with Crippen LogP contribution in [-0.4, -0.2) is 115 Å². The van der Waals surface area contributed by atoms with Crippen LogP contribution in [0, 0.1) is 0 Å². The number of piperidine rings is 1. The van der Waals surface area contributed by atoms with Gasteiger partial charge in [-0.25, -0.2) is 14.8 Å². The summed E-state index contributed by atoms with van der Waals surface area (Å²) in [5.74, 6) is -0.445. The van der Waals surface area contributed by atoms with Crippen LogP contribution in [0.2, 0.25) is 10.0 Å². The number of nitrogens with zero attached hydrogens (tertiary/aromatic N) is 6. The van der Waals surface area contributed by atoms with Crippen molar-refractivity contribution >= 4 is 93.2 Å². The number of rotatable bonds is 21. The van der Waals surface area contributed by atoms with Crippen LogP contribution in [0.15, 0.2) is 60.9 Å². The molecule has 0 aliphatic carbocycles. The van der Waals surface area contributed by atoms with Crippen LogP contribution in [-0.2, 0) is 14.4 Å². The molecular formula is C49H58Cl2N10O8. The molecule has 1 aromatic heterocycles. The Labute approximate surface area is 411 Å². The van der Waals surface area contributed by atoms with E-state index in [1.165, 1.54) is 31.5 Å². The topological polar surface area (TPSA) is 208 Å². The van der Waals surface area contributed by atoms with Gasteiger partial charge in [-0.3, -0.25) is 39.1 Å². The molecule has 69 heavy (non-hydrogen) atoms. The molecule has 3 aromatic carbocycles. The van der Waals surface area contributed by atoms with E-state index in [-0.39, 0.29) is 57.1 Å². The van der Waals surface area contributed by atoms with Crippen molar-refractivity contribution in [3.8, 4) is 11.5 Å². The fourth-order valence-corrected chi connectivity index (χ4v) is 9.28. The van der Waals surface area contributed by atoms with Gasteiger partial charge in [-0.1, -0.05) is 74.2 Å². The maximum atomic E-state index is 13.3. The summed E-state index contributed by atoms with van der Waals surface area (Å²) in [5, 5.41) is 11.8. The molecule has 0 spiro atoms. The van der Waals surface area contributed by atoms with E-state index in [9.17, 15) is 28.8 Å². The highest BCUT2D eigenvalue weighted by molar-refractivity contribution is 6.41. The Hall–Kier alpha value is -6.66. The number of urea groups is 1. The zero-order valence-electron chi connectivity index (χ0n) is 39.1. The van der Waals surface area contributed by atoms with Crippen molar-refractivity contribution in [2.24, 2.45) is 0 Å². The molecule has 7 amide bonds. The van der Waals surface area contributed by atoms with Gasteiger partial charge < -0.3 is 35.2 Å². The van der Waals surface area contributed by atoms with E-state index in [0.717, 1.165) is 87.2 Å². The second-order valence-corrected chi connectivity index (χ2v) is 17.9. The second kappa shape index (κ2) is 23.6. The number of aromatic nitrogens is 2. The minimum Gasteiger partial charge on any atom is -0.495 e. The summed E-state index contributed by atoms with van der Waals surface area (Å²) >= 11 is 12.9. The number of nitrogens with one attached hydrogen (secondary N) is 4. The van der Waals surface area contributed by atoms with Crippen molar-refractivity contribution in [2.45, 2.75) is 83.1 Å². The number of carbonyl (C=O) groups is 6. The van der Waals surface area contributed by atoms with Crippen molar-refractivity contribution in [2.75, 3.05) is 79.7 Å². The highest BCUT2D eigenvalue weighted by atomic mass is 35.5. The summed E-state index contributed by atoms with van der Waals surface area (Å²) in [6, 6.07) is 14.7. The molecule has 4 heterocycles. The second-order valence-electron chi connectivity index (χ2n) is 17.1. The van der Waals surface area contributed by atoms with Crippen LogP contribution < -0.4 is 40.5 Å². The smallest absolute Gasteiger partial charge is 0.327 e. The molecule has 0 bridgehead atoms. The first-order valence-corrected chi connectivity index (χ1v) is 24.1. The fraction of sp³-hybridized carbons (Fsp3) is 0.429. The molecule has 1 atom stereocenters. The van der Waals surface area contributed by atoms with Gasteiger partial charge in [0.2, 0.25) is 17.7 Å². The first kappa shape index (κ1) is 50.2. The summed E-state index contributed by atoms with van der Waals surface area (Å²) in [7, 11) is 4.45. The van der Waals surface area contributed by atoms with Crippen molar-refractivity contribution in [1.29, 1.82) is 0 Å². The molecule has 2 fully saturated rings. The number of carbonyl (C=O) groups excluding carboxylic acids is 6. The lowest BCUT2D eigenvalue weighted by molar-refractivity contribution is -0.136. The number of hydrogen-bond donors (Lipinski definition) is 4. The number of piperazine rings is 1. The summed E-state index contributed by atoms with van der Waals surface area (Å²) < 4.78 is 10.6. The lowest BCUT2D eigenvalue weighted by Crippen LogP contribution is -2.54. The van der Waals surface area contributed by atoms with Crippen LogP contribution >= 0.6 is 23.2 Å². The normalized spacial score (nSPS) is 15.7. The fourth-order valence-electron chi connectivity index (χ4n) is 8.69. The SMILES string of the molecule is COc1cc(OC)c(Cl)c(NC(=O)N(C)c2cc(Nc3ccc(N4CCN(C(=O)CCCCCCCCCCCNc5cccc6c5C(=O)N(C5CCC(=O)NC5=O)C6=O)CC4)cc3)ncn2)c1Cl. The van der Waals surface area contributed by atoms with Gasteiger partial charge in [0.1, 0.15) is 45.5 Å². The predicted octanol–water partition coefficient (Wildman–Crippen LogP) is 8.28. The van der Waals surface area contributed by atoms with E-state index in [0.29, 0.717) is 43.4 Å². The van der Waals surface area contributed by atoms with Gasteiger partial charge in [0.25, 0.3) is 11.8 Å². The van der Waals surface area contributed by atoms with Crippen molar-refractivity contribution in [3.63, 3.8) is 0 Å². The first-order chi connectivity index (χ1) is 33.4. The number of anilines is 6. The first-order valence-electron chi connectivity index (χ1n) is 23.3. The van der Waals surface area contributed by atoms with Gasteiger partial charge in [0, 0.05) is 81.8 Å². The van der Waals surface area contributed by atoms with E-state index in [1.807, 2.05) is 29.2 Å². The third kappa shape index (κ3) is 12.1. The molecule has 7 rings (SSSR count). The molecule has 4 N–H and O–H groups in total. The third-order valence-corrected chi connectivity index (χ3v) is 13.3. The van der Waals surface area contributed by atoms with Crippen LogP contribution in [0.1, 0.15) is 97.8 Å². The lowest BCUT2D eigenvalue weighted by Gasteiger charge is -2.36. The Kier molecular flexibility index (Phi) is 17.2. The third-order valence-electron chi connectivity index (χ3n) is 12.6. The monoisotopic (exact) mass is 984 g/mol. The van der Waals surface area contributed by atoms with E-state index in [4.69, 9.17) is 32.7 Å². The summed E-state index contributed by atoms with van der Waals surface area (Å²) in [6.45, 7) is 3.50. The minimum atomic E-state index is -0.986. The number of halogens is 2. The molecule has 18 nitrogen and oxygen atoms in total. The van der Waals surface area contributed by atoms with Gasteiger partial charge in [-0.05, 0) is 55.7 Å². The molecule has 3 aliphatic rings. The summed E-state index contributed by atoms with van der Waals surface area (Å²) in [6.07, 6.45) is 11.6. The van der Waals surface area contributed by atoms with Crippen molar-refractivity contribution < 1.29 is 38.2 Å². The van der Waals surface area contributed by atoms with Crippen LogP contribution in [0.3, 0.4) is 0 Å². The van der Waals surface area contributed by atoms with Gasteiger partial charge in [-0.15, -0.1) is 0 Å². The van der Waals surface area contributed by atoms with E-state index in [1.54, 1.807) is 31.3 Å². The number of methoxy groups -OCH3 is 2. The molecule has 4 aromatic rings. The quantitative estimate of drug-likeness (QED) is 0.0459. The predicted molar refractivity (Wildman–Crippen MR) is 265 cm³/mol. The number of hydrogen-bond acceptors (Lipinski definition) is 13. The largest absolute Gasteiger partial charge is 0.495 e. The van der Waals surface area contributed by atoms with Gasteiger partial charge >= 0.3 is 6.03 Å². The number of fused-ring (bicyclic) bond motifs is 1. The Bertz CT molecular complexity index is 2510. The molecular weight excluding hydrogens is 928 g/mol. The van der Waals surface area contributed by atoms with Gasteiger partial charge in [-0.2, -0.15) is 0 Å². The highest BCUT2D eigenvalue weighted by Gasteiger charge is 2.45. The highest BCUT2D eigenvalue weighted by Crippen LogP contribution is 2.44. The van der Waals surface area contributed by atoms with E-state index in [2.05, 4.69) is 36.1 Å². The lowest BCUT2D eigenvalue weighted by atomic mass is 10.0. The number of imide groups is 2. The molecule has 20 heteroatoms. The van der Waals surface area contributed by atoms with Gasteiger partial charge in [0.05, 0.1) is 31.0 Å².